The first-order valence-electron chi connectivity index (χ1n) is 15.8. The smallest absolute Gasteiger partial charge is 1.00 e. The van der Waals surface area contributed by atoms with E-state index < -0.39 is 44.9 Å². The van der Waals surface area contributed by atoms with Gasteiger partial charge in [0.2, 0.25) is 0 Å². The van der Waals surface area contributed by atoms with Crippen LogP contribution < -0.4 is 24.8 Å². The minimum absolute atomic E-state index is 0. The van der Waals surface area contributed by atoms with Crippen molar-refractivity contribution in [2.24, 2.45) is 10.8 Å². The molecule has 2 unspecified atom stereocenters. The van der Waals surface area contributed by atoms with Crippen LogP contribution in [-0.2, 0) is 29.8 Å². The molecule has 0 radical (unpaired) electrons. The van der Waals surface area contributed by atoms with Crippen molar-refractivity contribution < 1.29 is 54.6 Å². The second-order valence-corrected chi connectivity index (χ2v) is 40.0. The summed E-state index contributed by atoms with van der Waals surface area (Å²) in [6.07, 6.45) is 10.6. The second-order valence-electron chi connectivity index (χ2n) is 15.3. The minimum Gasteiger partial charge on any atom is -1.00 e. The van der Waals surface area contributed by atoms with E-state index in [1.807, 2.05) is 11.1 Å². The first-order valence-corrected chi connectivity index (χ1v) is 31.3. The van der Waals surface area contributed by atoms with E-state index >= 15 is 0 Å². The number of allylic oxidation sites excluding steroid dienone is 6. The van der Waals surface area contributed by atoms with Gasteiger partial charge >= 0.3 is 249 Å². The van der Waals surface area contributed by atoms with Crippen molar-refractivity contribution in [1.82, 2.24) is 0 Å². The molecule has 0 heterocycles. The molecule has 0 aromatic carbocycles. The van der Waals surface area contributed by atoms with Crippen molar-refractivity contribution in [2.45, 2.75) is 139 Å². The summed E-state index contributed by atoms with van der Waals surface area (Å²) in [5.74, 6) is 1.92. The van der Waals surface area contributed by atoms with Crippen LogP contribution in [0, 0.1) is 10.8 Å². The van der Waals surface area contributed by atoms with Crippen LogP contribution in [-0.4, -0.2) is 24.0 Å². The van der Waals surface area contributed by atoms with E-state index in [1.165, 1.54) is 62.9 Å². The van der Waals surface area contributed by atoms with Gasteiger partial charge in [0.25, 0.3) is 0 Å². The Morgan fingerprint density at radius 3 is 1.18 bits per heavy atom. The Bertz CT molecular complexity index is 981. The molecular weight excluding hydrogens is 663 g/mol. The van der Waals surface area contributed by atoms with Gasteiger partial charge in [-0.3, -0.25) is 0 Å². The number of halogens is 2. The van der Waals surface area contributed by atoms with Crippen LogP contribution in [0.1, 0.15) is 92.9 Å². The van der Waals surface area contributed by atoms with Gasteiger partial charge in [-0.25, -0.2) is 0 Å². The Labute approximate surface area is 271 Å². The summed E-state index contributed by atoms with van der Waals surface area (Å²) in [7, 11) is -2.39. The summed E-state index contributed by atoms with van der Waals surface area (Å²) in [5.41, 5.74) is 10.9. The zero-order valence-corrected chi connectivity index (χ0v) is 35.1. The normalized spacial score (nSPS) is 23.6. The molecule has 0 saturated carbocycles. The van der Waals surface area contributed by atoms with Crippen LogP contribution in [0.2, 0.25) is 46.5 Å². The third-order valence-electron chi connectivity index (χ3n) is 8.99. The van der Waals surface area contributed by atoms with E-state index in [4.69, 9.17) is 8.85 Å². The molecule has 0 aromatic rings. The molecule has 4 aliphatic rings. The molecule has 227 valence electrons. The van der Waals surface area contributed by atoms with Gasteiger partial charge in [-0.05, 0) is 0 Å². The fourth-order valence-corrected chi connectivity index (χ4v) is 33.6. The second kappa shape index (κ2) is 14.2. The molecule has 0 aromatic heterocycles. The molecule has 0 N–H and O–H groups in total. The van der Waals surface area contributed by atoms with Crippen molar-refractivity contribution in [3.8, 4) is 0 Å². The monoisotopic (exact) mass is 717 g/mol. The van der Waals surface area contributed by atoms with E-state index in [2.05, 4.69) is 80.8 Å². The fraction of sp³-hybridized carbons (Fsp3) is 0.750. The Kier molecular flexibility index (Phi) is 13.1. The van der Waals surface area contributed by atoms with Gasteiger partial charge in [0.15, 0.2) is 0 Å². The van der Waals surface area contributed by atoms with Crippen molar-refractivity contribution >= 4 is 24.0 Å². The predicted molar refractivity (Wildman–Crippen MR) is 170 cm³/mol. The molecule has 0 spiro atoms. The first-order chi connectivity index (χ1) is 17.6. The summed E-state index contributed by atoms with van der Waals surface area (Å²) >= 11 is -2.13. The van der Waals surface area contributed by atoms with Crippen LogP contribution in [0.15, 0.2) is 45.0 Å². The summed E-state index contributed by atoms with van der Waals surface area (Å²) < 4.78 is 15.5. The summed E-state index contributed by atoms with van der Waals surface area (Å²) in [5, 5.41) is 0. The van der Waals surface area contributed by atoms with Crippen molar-refractivity contribution in [3.63, 3.8) is 0 Å². The molecule has 40 heavy (non-hydrogen) atoms. The molecule has 0 bridgehead atoms. The molecule has 8 heteroatoms. The Morgan fingerprint density at radius 1 is 0.575 bits per heavy atom. The molecule has 0 aliphatic heterocycles. The maximum Gasteiger partial charge on any atom is -1.00 e. The van der Waals surface area contributed by atoms with Crippen molar-refractivity contribution in [3.05, 3.63) is 45.0 Å². The van der Waals surface area contributed by atoms with E-state index in [9.17, 15) is 0 Å². The topological polar surface area (TPSA) is 18.5 Å². The Morgan fingerprint density at radius 2 is 0.900 bits per heavy atom. The van der Waals surface area contributed by atoms with Crippen LogP contribution in [0.3, 0.4) is 0 Å². The Hall–Kier alpha value is 0.674. The van der Waals surface area contributed by atoms with E-state index in [-0.39, 0.29) is 35.6 Å². The molecule has 2 nitrogen and oxygen atoms in total. The summed E-state index contributed by atoms with van der Waals surface area (Å²) in [4.78, 5) is 0. The maximum absolute atomic E-state index is 6.98. The van der Waals surface area contributed by atoms with Gasteiger partial charge < -0.3 is 24.8 Å². The van der Waals surface area contributed by atoms with Gasteiger partial charge in [-0.2, -0.15) is 0 Å². The molecule has 4 rings (SSSR count). The minimum atomic E-state index is -2.13. The Balaban J connectivity index is 0.00000280. The number of hydrogen-bond donors (Lipinski definition) is 0. The largest absolute Gasteiger partial charge is 1.00 e. The van der Waals surface area contributed by atoms with Crippen LogP contribution >= 0.6 is 0 Å². The van der Waals surface area contributed by atoms with Crippen molar-refractivity contribution in [1.29, 1.82) is 0 Å². The summed E-state index contributed by atoms with van der Waals surface area (Å²) in [6, 6.07) is 0. The third-order valence-corrected chi connectivity index (χ3v) is 31.9. The van der Waals surface area contributed by atoms with Gasteiger partial charge in [-0.15, -0.1) is 0 Å². The summed E-state index contributed by atoms with van der Waals surface area (Å²) in [6.45, 7) is 30.0. The standard InChI is InChI=1S/2C15H25OSi.C2H7Si.2ClH.Zr/c2*1-15(2,3)13-10-11-8-6-7-9-12(11)14(13)16-17(4)5;1-3-2;;;/h2*10,17H,6-9H2,1-5H3;3H,1-2H3;2*1H;/q;;;;;+2/p-2. The van der Waals surface area contributed by atoms with Gasteiger partial charge in [0.1, 0.15) is 0 Å². The average Bonchev–Trinajstić information content (AvgIpc) is 3.27. The quantitative estimate of drug-likeness (QED) is 0.376. The van der Waals surface area contributed by atoms with E-state index in [1.54, 1.807) is 22.3 Å². The van der Waals surface area contributed by atoms with Crippen molar-refractivity contribution in [2.75, 3.05) is 0 Å². The van der Waals surface area contributed by atoms with Gasteiger partial charge in [0.05, 0.1) is 0 Å². The predicted octanol–water partition coefficient (Wildman–Crippen LogP) is 3.54. The van der Waals surface area contributed by atoms with E-state index in [0.29, 0.717) is 0 Å². The zero-order chi connectivity index (χ0) is 28.2. The number of hydrogen-bond acceptors (Lipinski definition) is 2. The van der Waals surface area contributed by atoms with Crippen LogP contribution in [0.5, 0.6) is 0 Å². The first kappa shape index (κ1) is 36.9. The number of rotatable bonds is 7. The molecule has 2 atom stereocenters. The van der Waals surface area contributed by atoms with E-state index in [0.717, 1.165) is 7.25 Å². The molecule has 4 aliphatic carbocycles. The zero-order valence-electron chi connectivity index (χ0n) is 27.6. The van der Waals surface area contributed by atoms with Crippen LogP contribution in [0.25, 0.3) is 0 Å². The third kappa shape index (κ3) is 7.31. The van der Waals surface area contributed by atoms with Gasteiger partial charge in [0, 0.05) is 0 Å². The molecule has 0 saturated heterocycles. The van der Waals surface area contributed by atoms with Gasteiger partial charge in [-0.1, -0.05) is 0 Å². The molecule has 0 amide bonds. The SMILES string of the molecule is C[SiH](C)OC1=C(C(C)(C)C)[CH]([Zr+2]([CH]2C3=C(CCCC3)C(O[SiH](C)C)=C2C(C)(C)C)[SiH](C)C)C2=C1CCCC2.[Cl-].[Cl-]. The molecular formula is C32H57Cl2O2Si3Zr. The van der Waals surface area contributed by atoms with Crippen LogP contribution in [0.4, 0.5) is 0 Å². The average molecular weight is 720 g/mol. The fourth-order valence-electron chi connectivity index (χ4n) is 7.81. The maximum atomic E-state index is 6.98. The molecule has 0 fully saturated rings.